The summed E-state index contributed by atoms with van der Waals surface area (Å²) >= 11 is -0.0636. The molecule has 0 aromatic heterocycles. The van der Waals surface area contributed by atoms with Crippen LogP contribution in [0.5, 0.6) is 0 Å². The summed E-state index contributed by atoms with van der Waals surface area (Å²) in [6.45, 7) is 4.61. The van der Waals surface area contributed by atoms with E-state index >= 15 is 0 Å². The average molecular weight is 385 g/mol. The minimum atomic E-state index is -1.31. The first-order valence-electron chi connectivity index (χ1n) is 10.5. The molecular formula is C20H40CaO4. The van der Waals surface area contributed by atoms with Crippen LogP contribution in [0.1, 0.15) is 104 Å². The van der Waals surface area contributed by atoms with E-state index in [1.54, 1.807) is 17.9 Å². The maximum absolute atomic E-state index is 9.43. The molecule has 146 valence electrons. The van der Waals surface area contributed by atoms with E-state index in [2.05, 4.69) is 13.8 Å². The minimum Gasteiger partial charge on any atom is -0.481 e. The van der Waals surface area contributed by atoms with E-state index in [0.717, 1.165) is 0 Å². The van der Waals surface area contributed by atoms with Crippen molar-refractivity contribution in [3.8, 4) is 0 Å². The minimum absolute atomic E-state index is 0.0636. The zero-order valence-electron chi connectivity index (χ0n) is 16.7. The van der Waals surface area contributed by atoms with Gasteiger partial charge in [0, 0.05) is 0 Å². The molecular weight excluding hydrogens is 344 g/mol. The van der Waals surface area contributed by atoms with Crippen LogP contribution in [0.4, 0.5) is 0 Å². The van der Waals surface area contributed by atoms with Gasteiger partial charge in [-0.25, -0.2) is 0 Å². The van der Waals surface area contributed by atoms with Crippen molar-refractivity contribution in [2.24, 2.45) is 0 Å². The Bertz CT molecular complexity index is 267. The van der Waals surface area contributed by atoms with E-state index in [0.29, 0.717) is 0 Å². The van der Waals surface area contributed by atoms with E-state index in [4.69, 9.17) is 10.2 Å². The molecule has 2 N–H and O–H groups in total. The Hall–Kier alpha value is 0.200. The summed E-state index contributed by atoms with van der Waals surface area (Å²) in [5, 5.41) is 15.4. The van der Waals surface area contributed by atoms with Gasteiger partial charge in [-0.3, -0.25) is 9.59 Å². The normalized spacial score (nSPS) is 9.84. The predicted octanol–water partition coefficient (Wildman–Crippen LogP) is 6.18. The summed E-state index contributed by atoms with van der Waals surface area (Å²) in [5.41, 5.74) is 0. The van der Waals surface area contributed by atoms with Gasteiger partial charge in [0.2, 0.25) is 0 Å². The van der Waals surface area contributed by atoms with Crippen molar-refractivity contribution in [1.29, 1.82) is 0 Å². The van der Waals surface area contributed by atoms with Crippen molar-refractivity contribution in [3.05, 3.63) is 0 Å². The predicted molar refractivity (Wildman–Crippen MR) is 107 cm³/mol. The van der Waals surface area contributed by atoms with E-state index in [1.807, 2.05) is 0 Å². The number of aliphatic carboxylic acids is 2. The van der Waals surface area contributed by atoms with Crippen LogP contribution >= 0.6 is 0 Å². The van der Waals surface area contributed by atoms with Gasteiger partial charge in [-0.15, -0.1) is 0 Å². The molecule has 0 aromatic rings. The number of unbranched alkanes of at least 4 members (excludes halogenated alkanes) is 11. The molecule has 0 aliphatic heterocycles. The molecule has 0 saturated heterocycles. The van der Waals surface area contributed by atoms with Gasteiger partial charge in [0.15, 0.2) is 0 Å². The van der Waals surface area contributed by atoms with E-state index in [1.165, 1.54) is 70.6 Å². The van der Waals surface area contributed by atoms with Crippen LogP contribution in [0.25, 0.3) is 0 Å². The smallest absolute Gasteiger partial charge is 0.314 e. The topological polar surface area (TPSA) is 74.6 Å². The first-order valence-corrected chi connectivity index (χ1v) is 13.6. The molecule has 0 saturated carbocycles. The summed E-state index contributed by atoms with van der Waals surface area (Å²) in [6.07, 6.45) is 18.6. The molecule has 4 nitrogen and oxygen atoms in total. The SMILES string of the molecule is CCCCCCCCCCC[CH2][Ca][CH2]CCCC.O=C(O)CC(=O)O. The Morgan fingerprint density at radius 1 is 0.600 bits per heavy atom. The molecule has 0 aromatic carbocycles. The molecule has 0 spiro atoms. The maximum Gasteiger partial charge on any atom is 0.314 e. The number of carboxylic acid groups (broad SMARTS) is 2. The van der Waals surface area contributed by atoms with Crippen LogP contribution in [0.3, 0.4) is 0 Å². The van der Waals surface area contributed by atoms with Crippen LogP contribution < -0.4 is 0 Å². The second-order valence-electron chi connectivity index (χ2n) is 6.91. The van der Waals surface area contributed by atoms with Crippen LogP contribution in [-0.2, 0) is 9.59 Å². The fourth-order valence-corrected chi connectivity index (χ4v) is 5.51. The molecule has 0 atom stereocenters. The summed E-state index contributed by atoms with van der Waals surface area (Å²) < 4.78 is 3.34. The number of rotatable bonds is 17. The number of hydrogen-bond acceptors (Lipinski definition) is 2. The molecule has 0 heterocycles. The Kier molecular flexibility index (Phi) is 26.5. The molecule has 0 unspecified atom stereocenters. The summed E-state index contributed by atoms with van der Waals surface area (Å²) in [6, 6.07) is 0. The van der Waals surface area contributed by atoms with Crippen LogP contribution in [0.2, 0.25) is 5.04 Å². The molecule has 0 rings (SSSR count). The van der Waals surface area contributed by atoms with Gasteiger partial charge in [-0.2, -0.15) is 0 Å². The fourth-order valence-electron chi connectivity index (χ4n) is 2.75. The first-order chi connectivity index (χ1) is 12.0. The Balaban J connectivity index is 0. The van der Waals surface area contributed by atoms with Gasteiger partial charge in [0.1, 0.15) is 6.42 Å². The van der Waals surface area contributed by atoms with Gasteiger partial charge in [-0.05, 0) is 0 Å². The van der Waals surface area contributed by atoms with Crippen molar-refractivity contribution in [2.45, 2.75) is 109 Å². The summed E-state index contributed by atoms with van der Waals surface area (Å²) in [4.78, 5) is 18.9. The monoisotopic (exact) mass is 384 g/mol. The molecule has 0 fully saturated rings. The van der Waals surface area contributed by atoms with Crippen LogP contribution in [-0.4, -0.2) is 56.0 Å². The number of carboxylic acids is 2. The number of carbonyl (C=O) groups is 2. The van der Waals surface area contributed by atoms with E-state index in [-0.39, 0.29) is 33.8 Å². The largest absolute Gasteiger partial charge is 0.481 e. The van der Waals surface area contributed by atoms with Crippen molar-refractivity contribution < 1.29 is 19.8 Å². The Morgan fingerprint density at radius 2 is 0.920 bits per heavy atom. The van der Waals surface area contributed by atoms with Gasteiger partial charge < -0.3 is 10.2 Å². The average Bonchev–Trinajstić information content (AvgIpc) is 2.54. The van der Waals surface area contributed by atoms with Gasteiger partial charge in [-0.1, -0.05) is 0 Å². The molecule has 0 aliphatic carbocycles. The molecule has 5 heteroatoms. The summed E-state index contributed by atoms with van der Waals surface area (Å²) in [7, 11) is 0. The second kappa shape index (κ2) is 24.2. The molecule has 25 heavy (non-hydrogen) atoms. The van der Waals surface area contributed by atoms with Crippen molar-refractivity contribution >= 4 is 45.8 Å². The Labute approximate surface area is 173 Å². The van der Waals surface area contributed by atoms with Crippen LogP contribution in [0.15, 0.2) is 0 Å². The van der Waals surface area contributed by atoms with Gasteiger partial charge in [0.05, 0.1) is 0 Å². The molecule has 0 bridgehead atoms. The molecule has 0 radical (unpaired) electrons. The van der Waals surface area contributed by atoms with Crippen molar-refractivity contribution in [3.63, 3.8) is 0 Å². The third kappa shape index (κ3) is 32.4. The first kappa shape index (κ1) is 27.4. The van der Waals surface area contributed by atoms with Gasteiger partial charge in [0.25, 0.3) is 0 Å². The van der Waals surface area contributed by atoms with Crippen molar-refractivity contribution in [2.75, 3.05) is 0 Å². The summed E-state index contributed by atoms with van der Waals surface area (Å²) in [5.74, 6) is -2.62. The van der Waals surface area contributed by atoms with E-state index in [9.17, 15) is 9.59 Å². The fraction of sp³-hybridized carbons (Fsp3) is 0.900. The van der Waals surface area contributed by atoms with Crippen molar-refractivity contribution in [1.82, 2.24) is 0 Å². The molecule has 0 amide bonds. The van der Waals surface area contributed by atoms with E-state index < -0.39 is 18.4 Å². The zero-order chi connectivity index (χ0) is 19.2. The van der Waals surface area contributed by atoms with Crippen LogP contribution in [0, 0.1) is 0 Å². The maximum atomic E-state index is 9.43. The van der Waals surface area contributed by atoms with Gasteiger partial charge >= 0.3 is 148 Å². The number of hydrogen-bond donors (Lipinski definition) is 2. The zero-order valence-corrected chi connectivity index (χ0v) is 18.9. The molecule has 0 aliphatic rings. The quantitative estimate of drug-likeness (QED) is 0.178. The Morgan fingerprint density at radius 3 is 1.28 bits per heavy atom. The second-order valence-corrected chi connectivity index (χ2v) is 10.2. The third-order valence-corrected chi connectivity index (χ3v) is 7.38. The third-order valence-electron chi connectivity index (χ3n) is 4.26. The standard InChI is InChI=1S/C12H25.C5H11.C3H4O4.Ca/c1-3-5-7-9-11-12-10-8-6-4-2;1-3-5-4-2;4-2(5)1-3(6)7;/h1,3-12H2,2H3;1,3-5H2,2H3;1H2,(H,4,5)(H,6,7);.